The summed E-state index contributed by atoms with van der Waals surface area (Å²) in [5.74, 6) is 5.67. The number of aromatic amines is 1. The largest absolute Gasteiger partial charge is 0.351 e. The van der Waals surface area contributed by atoms with Crippen LogP contribution in [0.15, 0.2) is 28.1 Å². The van der Waals surface area contributed by atoms with Crippen molar-refractivity contribution in [3.05, 3.63) is 34.2 Å². The number of rotatable bonds is 2. The van der Waals surface area contributed by atoms with Crippen LogP contribution in [0, 0.1) is 0 Å². The maximum absolute atomic E-state index is 10.7. The zero-order valence-electron chi connectivity index (χ0n) is 7.87. The van der Waals surface area contributed by atoms with Gasteiger partial charge in [-0.1, -0.05) is 6.07 Å². The van der Waals surface area contributed by atoms with Gasteiger partial charge in [-0.05, 0) is 5.56 Å². The first-order valence-corrected chi connectivity index (χ1v) is 4.11. The molecule has 76 valence electrons. The Bertz CT molecular complexity index is 350. The highest BCUT2D eigenvalue weighted by Crippen LogP contribution is 1.91. The molecule has 1 aromatic heterocycles. The van der Waals surface area contributed by atoms with Crippen molar-refractivity contribution < 1.29 is 0 Å². The predicted octanol–water partition coefficient (Wildman–Crippen LogP) is -1.09. The second kappa shape index (κ2) is 5.03. The molecule has 0 saturated heterocycles. The van der Waals surface area contributed by atoms with E-state index in [0.29, 0.717) is 12.5 Å². The average molecular weight is 195 g/mol. The van der Waals surface area contributed by atoms with Gasteiger partial charge in [0.1, 0.15) is 0 Å². The van der Waals surface area contributed by atoms with Gasteiger partial charge in [0.15, 0.2) is 0 Å². The molecule has 0 fully saturated rings. The van der Waals surface area contributed by atoms with Gasteiger partial charge in [-0.15, -0.1) is 0 Å². The fourth-order valence-corrected chi connectivity index (χ4v) is 0.933. The SMILES string of the molecule is CN=C(NN)NCc1ccc(=O)[nH]c1. The summed E-state index contributed by atoms with van der Waals surface area (Å²) in [6.07, 6.45) is 1.64. The standard InChI is InChI=1S/C8H13N5O/c1-10-8(13-9)12-5-6-2-3-7(14)11-4-6/h2-4H,5,9H2,1H3,(H,11,14)(H2,10,12,13). The third-order valence-electron chi connectivity index (χ3n) is 1.67. The van der Waals surface area contributed by atoms with Crippen LogP contribution in [0.2, 0.25) is 0 Å². The number of guanidine groups is 1. The van der Waals surface area contributed by atoms with Crippen molar-refractivity contribution >= 4 is 5.96 Å². The third kappa shape index (κ3) is 2.91. The van der Waals surface area contributed by atoms with Crippen molar-refractivity contribution in [3.63, 3.8) is 0 Å². The average Bonchev–Trinajstić information content (AvgIpc) is 2.22. The fourth-order valence-electron chi connectivity index (χ4n) is 0.933. The van der Waals surface area contributed by atoms with Gasteiger partial charge in [0.25, 0.3) is 0 Å². The molecule has 0 unspecified atom stereocenters. The summed E-state index contributed by atoms with van der Waals surface area (Å²) in [7, 11) is 1.62. The summed E-state index contributed by atoms with van der Waals surface area (Å²) in [5.41, 5.74) is 3.23. The van der Waals surface area contributed by atoms with E-state index in [4.69, 9.17) is 5.84 Å². The number of nitrogens with two attached hydrogens (primary N) is 1. The molecule has 0 aliphatic rings. The van der Waals surface area contributed by atoms with Gasteiger partial charge in [0.2, 0.25) is 11.5 Å². The molecule has 6 heteroatoms. The van der Waals surface area contributed by atoms with Gasteiger partial charge in [0.05, 0.1) is 0 Å². The minimum atomic E-state index is -0.116. The number of hydrazine groups is 1. The molecule has 0 aliphatic carbocycles. The molecule has 1 heterocycles. The van der Waals surface area contributed by atoms with Gasteiger partial charge >= 0.3 is 0 Å². The molecule has 1 rings (SSSR count). The van der Waals surface area contributed by atoms with Crippen LogP contribution in [-0.2, 0) is 6.54 Å². The molecule has 14 heavy (non-hydrogen) atoms. The zero-order valence-corrected chi connectivity index (χ0v) is 7.87. The Hall–Kier alpha value is -1.82. The molecule has 0 saturated carbocycles. The molecular weight excluding hydrogens is 182 g/mol. The Morgan fingerprint density at radius 2 is 2.43 bits per heavy atom. The maximum atomic E-state index is 10.7. The summed E-state index contributed by atoms with van der Waals surface area (Å²) in [6, 6.07) is 3.20. The van der Waals surface area contributed by atoms with E-state index in [1.807, 2.05) is 0 Å². The summed E-state index contributed by atoms with van der Waals surface area (Å²) >= 11 is 0. The molecule has 0 radical (unpaired) electrons. The number of aromatic nitrogens is 1. The summed E-state index contributed by atoms with van der Waals surface area (Å²) in [6.45, 7) is 0.549. The topological polar surface area (TPSA) is 95.3 Å². The molecule has 0 spiro atoms. The smallest absolute Gasteiger partial charge is 0.247 e. The first kappa shape index (κ1) is 10.3. The Morgan fingerprint density at radius 3 is 2.93 bits per heavy atom. The molecule has 0 aliphatic heterocycles. The summed E-state index contributed by atoms with van der Waals surface area (Å²) in [5, 5.41) is 2.95. The van der Waals surface area contributed by atoms with Gasteiger partial charge in [-0.3, -0.25) is 15.2 Å². The van der Waals surface area contributed by atoms with E-state index in [-0.39, 0.29) is 5.56 Å². The van der Waals surface area contributed by atoms with Crippen LogP contribution >= 0.6 is 0 Å². The third-order valence-corrected chi connectivity index (χ3v) is 1.67. The first-order valence-electron chi connectivity index (χ1n) is 4.11. The monoisotopic (exact) mass is 195 g/mol. The first-order chi connectivity index (χ1) is 6.76. The van der Waals surface area contributed by atoms with Crippen LogP contribution in [0.4, 0.5) is 0 Å². The minimum Gasteiger partial charge on any atom is -0.351 e. The number of nitrogens with one attached hydrogen (secondary N) is 3. The van der Waals surface area contributed by atoms with E-state index in [1.54, 1.807) is 19.3 Å². The van der Waals surface area contributed by atoms with Gasteiger partial charge < -0.3 is 10.3 Å². The molecule has 6 nitrogen and oxygen atoms in total. The number of hydrogen-bond donors (Lipinski definition) is 4. The number of H-pyrrole nitrogens is 1. The maximum Gasteiger partial charge on any atom is 0.247 e. The van der Waals surface area contributed by atoms with Crippen LogP contribution in [0.25, 0.3) is 0 Å². The molecular formula is C8H13N5O. The minimum absolute atomic E-state index is 0.116. The van der Waals surface area contributed by atoms with E-state index in [2.05, 4.69) is 20.7 Å². The molecule has 5 N–H and O–H groups in total. The number of pyridine rings is 1. The van der Waals surface area contributed by atoms with Crippen molar-refractivity contribution in [3.8, 4) is 0 Å². The highest BCUT2D eigenvalue weighted by Gasteiger charge is 1.94. The number of aliphatic imine (C=N–C) groups is 1. The van der Waals surface area contributed by atoms with Gasteiger partial charge in [-0.25, -0.2) is 5.84 Å². The van der Waals surface area contributed by atoms with Gasteiger partial charge in [-0.2, -0.15) is 0 Å². The number of nitrogens with zero attached hydrogens (tertiary/aromatic N) is 1. The second-order valence-electron chi connectivity index (χ2n) is 2.63. The zero-order chi connectivity index (χ0) is 10.4. The Balaban J connectivity index is 2.53. The Kier molecular flexibility index (Phi) is 3.69. The molecule has 0 aromatic carbocycles. The quantitative estimate of drug-likeness (QED) is 0.209. The van der Waals surface area contributed by atoms with Crippen LogP contribution < -0.4 is 22.1 Å². The lowest BCUT2D eigenvalue weighted by molar-refractivity contribution is 0.835. The molecule has 0 atom stereocenters. The van der Waals surface area contributed by atoms with E-state index in [0.717, 1.165) is 5.56 Å². The van der Waals surface area contributed by atoms with Crippen LogP contribution in [0.5, 0.6) is 0 Å². The number of hydrogen-bond acceptors (Lipinski definition) is 3. The Morgan fingerprint density at radius 1 is 1.64 bits per heavy atom. The normalized spacial score (nSPS) is 11.1. The van der Waals surface area contributed by atoms with E-state index < -0.39 is 0 Å². The fraction of sp³-hybridized carbons (Fsp3) is 0.250. The highest BCUT2D eigenvalue weighted by atomic mass is 16.1. The van der Waals surface area contributed by atoms with E-state index >= 15 is 0 Å². The Labute approximate surface area is 81.2 Å². The van der Waals surface area contributed by atoms with E-state index in [1.165, 1.54) is 6.07 Å². The summed E-state index contributed by atoms with van der Waals surface area (Å²) in [4.78, 5) is 17.1. The van der Waals surface area contributed by atoms with Crippen LogP contribution in [0.3, 0.4) is 0 Å². The highest BCUT2D eigenvalue weighted by molar-refractivity contribution is 5.78. The summed E-state index contributed by atoms with van der Waals surface area (Å²) < 4.78 is 0. The van der Waals surface area contributed by atoms with E-state index in [9.17, 15) is 4.79 Å². The van der Waals surface area contributed by atoms with Gasteiger partial charge in [0, 0.05) is 25.9 Å². The van der Waals surface area contributed by atoms with Crippen molar-refractivity contribution in [1.29, 1.82) is 0 Å². The van der Waals surface area contributed by atoms with Crippen molar-refractivity contribution in [2.45, 2.75) is 6.54 Å². The second-order valence-corrected chi connectivity index (χ2v) is 2.63. The molecule has 1 aromatic rings. The molecule has 0 amide bonds. The van der Waals surface area contributed by atoms with Crippen molar-refractivity contribution in [2.75, 3.05) is 7.05 Å². The van der Waals surface area contributed by atoms with Crippen LogP contribution in [0.1, 0.15) is 5.56 Å². The van der Waals surface area contributed by atoms with Crippen molar-refractivity contribution in [1.82, 2.24) is 15.7 Å². The molecule has 0 bridgehead atoms. The lowest BCUT2D eigenvalue weighted by Gasteiger charge is -2.07. The van der Waals surface area contributed by atoms with Crippen LogP contribution in [-0.4, -0.2) is 18.0 Å². The predicted molar refractivity (Wildman–Crippen MR) is 54.6 cm³/mol. The lowest BCUT2D eigenvalue weighted by Crippen LogP contribution is -2.41. The van der Waals surface area contributed by atoms with Crippen molar-refractivity contribution in [2.24, 2.45) is 10.8 Å². The lowest BCUT2D eigenvalue weighted by atomic mass is 10.3.